The lowest BCUT2D eigenvalue weighted by atomic mass is 10.2. The van der Waals surface area contributed by atoms with Gasteiger partial charge in [-0.2, -0.15) is 0 Å². The van der Waals surface area contributed by atoms with Gasteiger partial charge in [0, 0.05) is 21.3 Å². The van der Waals surface area contributed by atoms with Crippen LogP contribution in [-0.2, 0) is 4.79 Å². The minimum Gasteiger partial charge on any atom is -0.457 e. The highest BCUT2D eigenvalue weighted by molar-refractivity contribution is 8.00. The standard InChI is InChI=1S/C21H15Cl2NO2S/c22-14-6-11-18(19(23)12-14)21-24(20(25)13-27-21)15-7-9-17(10-8-15)26-16-4-2-1-3-5-16/h1-12,21H,13H2/t21-/m1/s1. The lowest BCUT2D eigenvalue weighted by Gasteiger charge is -2.25. The molecular weight excluding hydrogens is 401 g/mol. The van der Waals surface area contributed by atoms with Crippen molar-refractivity contribution >= 4 is 46.6 Å². The van der Waals surface area contributed by atoms with Crippen molar-refractivity contribution in [3.05, 3.63) is 88.4 Å². The van der Waals surface area contributed by atoms with Crippen molar-refractivity contribution in [2.24, 2.45) is 0 Å². The number of anilines is 1. The molecule has 6 heteroatoms. The number of carbonyl (C=O) groups is 1. The first-order valence-corrected chi connectivity index (χ1v) is 10.1. The first-order valence-electron chi connectivity index (χ1n) is 8.33. The molecule has 136 valence electrons. The zero-order valence-corrected chi connectivity index (χ0v) is 16.5. The van der Waals surface area contributed by atoms with E-state index in [1.807, 2.05) is 60.7 Å². The van der Waals surface area contributed by atoms with Crippen LogP contribution in [0.1, 0.15) is 10.9 Å². The highest BCUT2D eigenvalue weighted by Crippen LogP contribution is 2.44. The predicted octanol–water partition coefficient (Wildman–Crippen LogP) is 6.56. The summed E-state index contributed by atoms with van der Waals surface area (Å²) >= 11 is 13.9. The van der Waals surface area contributed by atoms with Gasteiger partial charge in [-0.25, -0.2) is 0 Å². The number of para-hydroxylation sites is 1. The van der Waals surface area contributed by atoms with E-state index >= 15 is 0 Å². The zero-order valence-electron chi connectivity index (χ0n) is 14.1. The summed E-state index contributed by atoms with van der Waals surface area (Å²) in [5, 5.41) is 0.957. The van der Waals surface area contributed by atoms with Crippen LogP contribution in [0.15, 0.2) is 72.8 Å². The summed E-state index contributed by atoms with van der Waals surface area (Å²) in [6.07, 6.45) is 0. The Bertz CT molecular complexity index is 964. The summed E-state index contributed by atoms with van der Waals surface area (Å²) in [6, 6.07) is 22.4. The van der Waals surface area contributed by atoms with Crippen LogP contribution in [0, 0.1) is 0 Å². The first kappa shape index (κ1) is 18.2. The summed E-state index contributed by atoms with van der Waals surface area (Å²) in [5.74, 6) is 1.94. The summed E-state index contributed by atoms with van der Waals surface area (Å²) < 4.78 is 5.82. The molecule has 1 aliphatic rings. The van der Waals surface area contributed by atoms with E-state index < -0.39 is 0 Å². The lowest BCUT2D eigenvalue weighted by molar-refractivity contribution is -0.115. The topological polar surface area (TPSA) is 29.5 Å². The molecule has 1 atom stereocenters. The van der Waals surface area contributed by atoms with Gasteiger partial charge in [-0.05, 0) is 48.5 Å². The minimum atomic E-state index is -0.178. The van der Waals surface area contributed by atoms with Crippen molar-refractivity contribution in [3.63, 3.8) is 0 Å². The summed E-state index contributed by atoms with van der Waals surface area (Å²) in [5.41, 5.74) is 1.68. The second-order valence-corrected chi connectivity index (χ2v) is 7.91. The number of nitrogens with zero attached hydrogens (tertiary/aromatic N) is 1. The molecule has 0 aromatic heterocycles. The molecule has 0 unspecified atom stereocenters. The molecule has 3 nitrogen and oxygen atoms in total. The Kier molecular flexibility index (Phi) is 5.30. The van der Waals surface area contributed by atoms with Gasteiger partial charge in [0.1, 0.15) is 16.9 Å². The van der Waals surface area contributed by atoms with E-state index in [1.54, 1.807) is 28.8 Å². The number of carbonyl (C=O) groups excluding carboxylic acids is 1. The molecule has 0 saturated carbocycles. The number of halogens is 2. The van der Waals surface area contributed by atoms with Gasteiger partial charge in [-0.15, -0.1) is 11.8 Å². The van der Waals surface area contributed by atoms with Gasteiger partial charge in [0.15, 0.2) is 0 Å². The molecule has 3 aromatic carbocycles. The van der Waals surface area contributed by atoms with Gasteiger partial charge < -0.3 is 4.74 Å². The molecule has 0 radical (unpaired) electrons. The lowest BCUT2D eigenvalue weighted by Crippen LogP contribution is -2.27. The van der Waals surface area contributed by atoms with Gasteiger partial charge in [0.05, 0.1) is 5.75 Å². The Labute approximate surface area is 171 Å². The molecule has 0 aliphatic carbocycles. The van der Waals surface area contributed by atoms with Crippen LogP contribution in [-0.4, -0.2) is 11.7 Å². The Hall–Kier alpha value is -2.14. The van der Waals surface area contributed by atoms with Gasteiger partial charge in [0.25, 0.3) is 0 Å². The van der Waals surface area contributed by atoms with Crippen LogP contribution < -0.4 is 9.64 Å². The Morgan fingerprint density at radius 2 is 1.63 bits per heavy atom. The van der Waals surface area contributed by atoms with Crippen molar-refractivity contribution in [1.82, 2.24) is 0 Å². The second kappa shape index (κ2) is 7.85. The molecular formula is C21H15Cl2NO2S. The number of rotatable bonds is 4. The van der Waals surface area contributed by atoms with Crippen LogP contribution in [0.3, 0.4) is 0 Å². The maximum Gasteiger partial charge on any atom is 0.238 e. The third-order valence-corrected chi connectivity index (χ3v) is 5.95. The third kappa shape index (κ3) is 3.93. The van der Waals surface area contributed by atoms with Crippen LogP contribution >= 0.6 is 35.0 Å². The van der Waals surface area contributed by atoms with Crippen LogP contribution in [0.2, 0.25) is 10.0 Å². The summed E-state index contributed by atoms with van der Waals surface area (Å²) in [6.45, 7) is 0. The number of benzene rings is 3. The zero-order chi connectivity index (χ0) is 18.8. The normalized spacial score (nSPS) is 16.6. The monoisotopic (exact) mass is 415 g/mol. The molecule has 3 aromatic rings. The molecule has 4 rings (SSSR count). The quantitative estimate of drug-likeness (QED) is 0.482. The number of hydrogen-bond donors (Lipinski definition) is 0. The van der Waals surface area contributed by atoms with Gasteiger partial charge in [-0.3, -0.25) is 9.69 Å². The summed E-state index contributed by atoms with van der Waals surface area (Å²) in [4.78, 5) is 14.3. The summed E-state index contributed by atoms with van der Waals surface area (Å²) in [7, 11) is 0. The molecule has 1 heterocycles. The molecule has 1 fully saturated rings. The van der Waals surface area contributed by atoms with E-state index in [2.05, 4.69) is 0 Å². The van der Waals surface area contributed by atoms with Crippen LogP contribution in [0.4, 0.5) is 5.69 Å². The molecule has 1 saturated heterocycles. The minimum absolute atomic E-state index is 0.0488. The molecule has 0 bridgehead atoms. The third-order valence-electron chi connectivity index (χ3n) is 4.19. The Morgan fingerprint density at radius 3 is 2.33 bits per heavy atom. The fourth-order valence-electron chi connectivity index (χ4n) is 2.93. The van der Waals surface area contributed by atoms with E-state index in [-0.39, 0.29) is 11.3 Å². The smallest absolute Gasteiger partial charge is 0.238 e. The van der Waals surface area contributed by atoms with E-state index in [0.29, 0.717) is 21.5 Å². The van der Waals surface area contributed by atoms with E-state index in [0.717, 1.165) is 17.0 Å². The number of amides is 1. The van der Waals surface area contributed by atoms with Crippen LogP contribution in [0.25, 0.3) is 0 Å². The van der Waals surface area contributed by atoms with E-state index in [9.17, 15) is 4.79 Å². The molecule has 1 aliphatic heterocycles. The van der Waals surface area contributed by atoms with Crippen molar-refractivity contribution in [1.29, 1.82) is 0 Å². The number of hydrogen-bond acceptors (Lipinski definition) is 3. The SMILES string of the molecule is O=C1CS[C@H](c2ccc(Cl)cc2Cl)N1c1ccc(Oc2ccccc2)cc1. The molecule has 0 N–H and O–H groups in total. The molecule has 27 heavy (non-hydrogen) atoms. The fraction of sp³-hybridized carbons (Fsp3) is 0.0952. The maximum atomic E-state index is 12.5. The van der Waals surface area contributed by atoms with E-state index in [4.69, 9.17) is 27.9 Å². The van der Waals surface area contributed by atoms with Crippen molar-refractivity contribution in [2.75, 3.05) is 10.7 Å². The average Bonchev–Trinajstić information content (AvgIpc) is 3.04. The number of ether oxygens (including phenoxy) is 1. The first-order chi connectivity index (χ1) is 13.1. The molecule has 1 amide bonds. The van der Waals surface area contributed by atoms with Crippen molar-refractivity contribution < 1.29 is 9.53 Å². The van der Waals surface area contributed by atoms with Crippen molar-refractivity contribution in [3.8, 4) is 11.5 Å². The fourth-order valence-corrected chi connectivity index (χ4v) is 4.72. The Balaban J connectivity index is 1.59. The predicted molar refractivity (Wildman–Crippen MR) is 112 cm³/mol. The van der Waals surface area contributed by atoms with Gasteiger partial charge in [0.2, 0.25) is 5.91 Å². The Morgan fingerprint density at radius 1 is 0.926 bits per heavy atom. The largest absolute Gasteiger partial charge is 0.457 e. The average molecular weight is 416 g/mol. The molecule has 0 spiro atoms. The van der Waals surface area contributed by atoms with E-state index in [1.165, 1.54) is 0 Å². The van der Waals surface area contributed by atoms with Crippen molar-refractivity contribution in [2.45, 2.75) is 5.37 Å². The van der Waals surface area contributed by atoms with Gasteiger partial charge >= 0.3 is 0 Å². The van der Waals surface area contributed by atoms with Crippen LogP contribution in [0.5, 0.6) is 11.5 Å². The maximum absolute atomic E-state index is 12.5. The highest BCUT2D eigenvalue weighted by Gasteiger charge is 2.35. The highest BCUT2D eigenvalue weighted by atomic mass is 35.5. The number of thioether (sulfide) groups is 1. The van der Waals surface area contributed by atoms with Gasteiger partial charge in [-0.1, -0.05) is 47.5 Å². The second-order valence-electron chi connectivity index (χ2n) is 6.00.